The maximum Gasteiger partial charge on any atom is 0.324 e. The van der Waals surface area contributed by atoms with Gasteiger partial charge >= 0.3 is 5.97 Å². The molecule has 0 aromatic carbocycles. The molecule has 0 aromatic heterocycles. The zero-order valence-corrected chi connectivity index (χ0v) is 9.60. The smallest absolute Gasteiger partial charge is 0.324 e. The van der Waals surface area contributed by atoms with Gasteiger partial charge in [0.05, 0.1) is 19.8 Å². The van der Waals surface area contributed by atoms with Gasteiger partial charge in [0, 0.05) is 19.1 Å². The van der Waals surface area contributed by atoms with Crippen molar-refractivity contribution in [1.82, 2.24) is 4.90 Å². The van der Waals surface area contributed by atoms with Crippen molar-refractivity contribution in [3.63, 3.8) is 0 Å². The quantitative estimate of drug-likeness (QED) is 0.650. The minimum Gasteiger partial charge on any atom is -0.468 e. The zero-order chi connectivity index (χ0) is 11.4. The highest BCUT2D eigenvalue weighted by atomic mass is 16.5. The van der Waals surface area contributed by atoms with Gasteiger partial charge in [-0.15, -0.1) is 0 Å². The summed E-state index contributed by atoms with van der Waals surface area (Å²) in [5.41, 5.74) is 5.60. The highest BCUT2D eigenvalue weighted by Crippen LogP contribution is 2.15. The molecule has 0 aromatic rings. The van der Waals surface area contributed by atoms with Gasteiger partial charge in [0.1, 0.15) is 6.04 Å². The van der Waals surface area contributed by atoms with Crippen LogP contribution in [0.4, 0.5) is 0 Å². The van der Waals surface area contributed by atoms with Crippen LogP contribution in [0.1, 0.15) is 13.8 Å². The molecule has 1 aliphatic heterocycles. The van der Waals surface area contributed by atoms with Gasteiger partial charge in [-0.2, -0.15) is 0 Å². The van der Waals surface area contributed by atoms with Crippen LogP contribution in [0.3, 0.4) is 0 Å². The van der Waals surface area contributed by atoms with Crippen molar-refractivity contribution in [3.05, 3.63) is 0 Å². The average molecular weight is 216 g/mol. The Morgan fingerprint density at radius 3 is 2.87 bits per heavy atom. The van der Waals surface area contributed by atoms with Gasteiger partial charge in [-0.05, 0) is 13.8 Å². The van der Waals surface area contributed by atoms with Crippen LogP contribution < -0.4 is 5.73 Å². The minimum atomic E-state index is -0.351. The van der Waals surface area contributed by atoms with E-state index in [0.29, 0.717) is 6.61 Å². The molecule has 3 atom stereocenters. The third-order valence-electron chi connectivity index (χ3n) is 2.75. The highest BCUT2D eigenvalue weighted by Gasteiger charge is 2.33. The summed E-state index contributed by atoms with van der Waals surface area (Å²) in [6.45, 7) is 5.65. The second-order valence-corrected chi connectivity index (χ2v) is 3.96. The monoisotopic (exact) mass is 216 g/mol. The van der Waals surface area contributed by atoms with E-state index < -0.39 is 0 Å². The van der Waals surface area contributed by atoms with Crippen LogP contribution in [0.2, 0.25) is 0 Å². The van der Waals surface area contributed by atoms with E-state index in [1.54, 1.807) is 0 Å². The number of rotatable bonds is 3. The summed E-state index contributed by atoms with van der Waals surface area (Å²) in [7, 11) is 1.39. The van der Waals surface area contributed by atoms with Crippen molar-refractivity contribution in [2.75, 3.05) is 26.8 Å². The lowest BCUT2D eigenvalue weighted by molar-refractivity contribution is -0.152. The summed E-state index contributed by atoms with van der Waals surface area (Å²) < 4.78 is 10.2. The molecule has 5 heteroatoms. The topological polar surface area (TPSA) is 64.8 Å². The number of hydrogen-bond acceptors (Lipinski definition) is 5. The van der Waals surface area contributed by atoms with Crippen molar-refractivity contribution >= 4 is 5.97 Å². The molecule has 0 aliphatic carbocycles. The Bertz CT molecular complexity index is 223. The van der Waals surface area contributed by atoms with E-state index in [0.717, 1.165) is 6.54 Å². The summed E-state index contributed by atoms with van der Waals surface area (Å²) in [6, 6.07) is -0.148. The van der Waals surface area contributed by atoms with Crippen molar-refractivity contribution < 1.29 is 14.3 Å². The summed E-state index contributed by atoms with van der Waals surface area (Å²) in [4.78, 5) is 13.6. The Morgan fingerprint density at radius 2 is 2.33 bits per heavy atom. The van der Waals surface area contributed by atoms with Gasteiger partial charge in [-0.1, -0.05) is 0 Å². The number of nitrogens with two attached hydrogens (primary N) is 1. The van der Waals surface area contributed by atoms with Crippen LogP contribution in [0.15, 0.2) is 0 Å². The first-order valence-corrected chi connectivity index (χ1v) is 5.25. The SMILES string of the molecule is COC(=O)C(CN)N1CC(C)OCC1C. The van der Waals surface area contributed by atoms with Crippen LogP contribution in [0, 0.1) is 0 Å². The molecular formula is C10H20N2O3. The number of esters is 1. The molecule has 5 nitrogen and oxygen atoms in total. The maximum absolute atomic E-state index is 11.5. The van der Waals surface area contributed by atoms with Gasteiger partial charge in [0.15, 0.2) is 0 Å². The fraction of sp³-hybridized carbons (Fsp3) is 0.900. The third-order valence-corrected chi connectivity index (χ3v) is 2.75. The van der Waals surface area contributed by atoms with Gasteiger partial charge < -0.3 is 15.2 Å². The molecule has 1 saturated heterocycles. The Labute approximate surface area is 90.5 Å². The van der Waals surface area contributed by atoms with Gasteiger partial charge in [0.2, 0.25) is 0 Å². The fourth-order valence-corrected chi connectivity index (χ4v) is 1.87. The summed E-state index contributed by atoms with van der Waals surface area (Å²) in [5.74, 6) is -0.265. The van der Waals surface area contributed by atoms with Crippen LogP contribution in [0.5, 0.6) is 0 Å². The summed E-state index contributed by atoms with van der Waals surface area (Å²) in [5, 5.41) is 0. The van der Waals surface area contributed by atoms with Crippen LogP contribution >= 0.6 is 0 Å². The molecule has 0 radical (unpaired) electrons. The van der Waals surface area contributed by atoms with Gasteiger partial charge in [-0.25, -0.2) is 0 Å². The number of hydrogen-bond donors (Lipinski definition) is 1. The molecule has 15 heavy (non-hydrogen) atoms. The predicted molar refractivity (Wildman–Crippen MR) is 56.4 cm³/mol. The van der Waals surface area contributed by atoms with Crippen molar-refractivity contribution in [2.45, 2.75) is 32.0 Å². The van der Waals surface area contributed by atoms with Crippen molar-refractivity contribution in [1.29, 1.82) is 0 Å². The molecule has 2 N–H and O–H groups in total. The maximum atomic E-state index is 11.5. The minimum absolute atomic E-state index is 0.139. The van der Waals surface area contributed by atoms with E-state index in [-0.39, 0.29) is 30.7 Å². The normalized spacial score (nSPS) is 29.9. The van der Waals surface area contributed by atoms with Crippen LogP contribution in [0.25, 0.3) is 0 Å². The third kappa shape index (κ3) is 2.90. The first-order chi connectivity index (χ1) is 7.10. The number of ether oxygens (including phenoxy) is 2. The lowest BCUT2D eigenvalue weighted by atomic mass is 10.1. The lowest BCUT2D eigenvalue weighted by Crippen LogP contribution is -2.57. The molecular weight excluding hydrogens is 196 g/mol. The van der Waals surface area contributed by atoms with Gasteiger partial charge in [0.25, 0.3) is 0 Å². The van der Waals surface area contributed by atoms with E-state index in [4.69, 9.17) is 15.2 Å². The largest absolute Gasteiger partial charge is 0.468 e. The number of nitrogens with zero attached hydrogens (tertiary/aromatic N) is 1. The van der Waals surface area contributed by atoms with Gasteiger partial charge in [-0.3, -0.25) is 9.69 Å². The van der Waals surface area contributed by atoms with Crippen molar-refractivity contribution in [2.24, 2.45) is 5.73 Å². The molecule has 0 spiro atoms. The zero-order valence-electron chi connectivity index (χ0n) is 9.60. The summed E-state index contributed by atoms with van der Waals surface area (Å²) in [6.07, 6.45) is 0.139. The number of carbonyl (C=O) groups excluding carboxylic acids is 1. The number of carbonyl (C=O) groups is 1. The second-order valence-electron chi connectivity index (χ2n) is 3.96. The van der Waals surface area contributed by atoms with E-state index in [1.165, 1.54) is 7.11 Å². The highest BCUT2D eigenvalue weighted by molar-refractivity contribution is 5.76. The number of morpholine rings is 1. The lowest BCUT2D eigenvalue weighted by Gasteiger charge is -2.40. The Hall–Kier alpha value is -0.650. The molecule has 88 valence electrons. The van der Waals surface area contributed by atoms with E-state index in [9.17, 15) is 4.79 Å². The summed E-state index contributed by atoms with van der Waals surface area (Å²) >= 11 is 0. The molecule has 1 rings (SSSR count). The molecule has 0 saturated carbocycles. The average Bonchev–Trinajstić information content (AvgIpc) is 2.23. The fourth-order valence-electron chi connectivity index (χ4n) is 1.87. The van der Waals surface area contributed by atoms with E-state index >= 15 is 0 Å². The standard InChI is InChI=1S/C10H20N2O3/c1-7-6-15-8(2)5-12(7)9(4-11)10(13)14-3/h7-9H,4-6,11H2,1-3H3. The van der Waals surface area contributed by atoms with Crippen LogP contribution in [-0.4, -0.2) is 55.9 Å². The predicted octanol–water partition coefficient (Wildman–Crippen LogP) is -0.404. The first kappa shape index (κ1) is 12.4. The molecule has 3 unspecified atom stereocenters. The number of methoxy groups -OCH3 is 1. The van der Waals surface area contributed by atoms with Crippen molar-refractivity contribution in [3.8, 4) is 0 Å². The molecule has 0 amide bonds. The molecule has 1 aliphatic rings. The first-order valence-electron chi connectivity index (χ1n) is 5.25. The second kappa shape index (κ2) is 5.44. The molecule has 1 fully saturated rings. The molecule has 0 bridgehead atoms. The molecule has 1 heterocycles. The van der Waals surface area contributed by atoms with Crippen LogP contribution in [-0.2, 0) is 14.3 Å². The Morgan fingerprint density at radius 1 is 1.67 bits per heavy atom. The van der Waals surface area contributed by atoms with E-state index in [1.807, 2.05) is 13.8 Å². The Balaban J connectivity index is 2.68. The van der Waals surface area contributed by atoms with E-state index in [2.05, 4.69) is 4.90 Å². The Kier molecular flexibility index (Phi) is 4.50.